The maximum atomic E-state index is 12.7. The summed E-state index contributed by atoms with van der Waals surface area (Å²) in [6.45, 7) is 1.94. The summed E-state index contributed by atoms with van der Waals surface area (Å²) < 4.78 is 0. The summed E-state index contributed by atoms with van der Waals surface area (Å²) in [4.78, 5) is 12.7. The monoisotopic (exact) mass is 294 g/mol. The van der Waals surface area contributed by atoms with Crippen LogP contribution in [0.15, 0.2) is 48.5 Å². The summed E-state index contributed by atoms with van der Waals surface area (Å²) in [5.41, 5.74) is 9.25. The second-order valence-corrected chi connectivity index (χ2v) is 6.13. The number of nitrogens with one attached hydrogen (secondary N) is 1. The molecule has 0 saturated heterocycles. The fourth-order valence-corrected chi connectivity index (χ4v) is 3.01. The Kier molecular flexibility index (Phi) is 4.14. The lowest BCUT2D eigenvalue weighted by atomic mass is 9.77. The van der Waals surface area contributed by atoms with Crippen LogP contribution in [-0.2, 0) is 0 Å². The minimum absolute atomic E-state index is 0.0365. The number of rotatable bonds is 4. The number of carbonyl (C=O) groups excluding carboxylic acids is 1. The number of carbonyl (C=O) groups is 1. The molecule has 3 nitrogen and oxygen atoms in total. The van der Waals surface area contributed by atoms with E-state index in [4.69, 9.17) is 5.73 Å². The smallest absolute Gasteiger partial charge is 0.252 e. The lowest BCUT2D eigenvalue weighted by Gasteiger charge is -2.34. The van der Waals surface area contributed by atoms with Crippen LogP contribution in [0.1, 0.15) is 46.8 Å². The van der Waals surface area contributed by atoms with E-state index in [0.29, 0.717) is 17.2 Å². The maximum absolute atomic E-state index is 12.7. The highest BCUT2D eigenvalue weighted by molar-refractivity contribution is 5.96. The maximum Gasteiger partial charge on any atom is 0.252 e. The van der Waals surface area contributed by atoms with Crippen molar-refractivity contribution >= 4 is 11.6 Å². The number of hydrogen-bond donors (Lipinski definition) is 2. The molecule has 0 radical (unpaired) electrons. The zero-order valence-electron chi connectivity index (χ0n) is 12.9. The van der Waals surface area contributed by atoms with Gasteiger partial charge in [0.25, 0.3) is 5.91 Å². The largest absolute Gasteiger partial charge is 0.399 e. The third-order valence-corrected chi connectivity index (χ3v) is 4.57. The molecule has 0 aliphatic heterocycles. The molecule has 3 N–H and O–H groups in total. The second-order valence-electron chi connectivity index (χ2n) is 6.13. The van der Waals surface area contributed by atoms with Crippen LogP contribution in [-0.4, -0.2) is 5.91 Å². The van der Waals surface area contributed by atoms with Crippen LogP contribution in [0.5, 0.6) is 0 Å². The Morgan fingerprint density at radius 2 is 1.91 bits per heavy atom. The van der Waals surface area contributed by atoms with Crippen LogP contribution in [0, 0.1) is 12.8 Å². The van der Waals surface area contributed by atoms with Gasteiger partial charge in [0.15, 0.2) is 0 Å². The van der Waals surface area contributed by atoms with Gasteiger partial charge in [-0.15, -0.1) is 0 Å². The molecule has 3 heteroatoms. The summed E-state index contributed by atoms with van der Waals surface area (Å²) in [5.74, 6) is 0.498. The van der Waals surface area contributed by atoms with E-state index >= 15 is 0 Å². The van der Waals surface area contributed by atoms with E-state index < -0.39 is 0 Å². The van der Waals surface area contributed by atoms with Crippen molar-refractivity contribution in [2.24, 2.45) is 5.92 Å². The first kappa shape index (κ1) is 14.6. The van der Waals surface area contributed by atoms with Gasteiger partial charge in [-0.05, 0) is 48.9 Å². The lowest BCUT2D eigenvalue weighted by molar-refractivity contribution is 0.0900. The highest BCUT2D eigenvalue weighted by atomic mass is 16.1. The first-order valence-electron chi connectivity index (χ1n) is 7.87. The molecule has 1 unspecified atom stereocenters. The molecule has 22 heavy (non-hydrogen) atoms. The summed E-state index contributed by atoms with van der Waals surface area (Å²) in [6, 6.07) is 15.8. The molecule has 2 aromatic rings. The Morgan fingerprint density at radius 1 is 1.18 bits per heavy atom. The summed E-state index contributed by atoms with van der Waals surface area (Å²) in [5, 5.41) is 3.23. The summed E-state index contributed by atoms with van der Waals surface area (Å²) in [7, 11) is 0. The van der Waals surface area contributed by atoms with Gasteiger partial charge in [-0.25, -0.2) is 0 Å². The van der Waals surface area contributed by atoms with Gasteiger partial charge < -0.3 is 11.1 Å². The van der Waals surface area contributed by atoms with Gasteiger partial charge in [-0.3, -0.25) is 4.79 Å². The fourth-order valence-electron chi connectivity index (χ4n) is 3.01. The molecule has 0 spiro atoms. The van der Waals surface area contributed by atoms with Gasteiger partial charge in [0, 0.05) is 11.3 Å². The molecule has 114 valence electrons. The van der Waals surface area contributed by atoms with Crippen molar-refractivity contribution in [1.82, 2.24) is 5.32 Å². The van der Waals surface area contributed by atoms with Gasteiger partial charge in [-0.1, -0.05) is 42.8 Å². The average molecular weight is 294 g/mol. The quantitative estimate of drug-likeness (QED) is 0.842. The van der Waals surface area contributed by atoms with Crippen molar-refractivity contribution in [2.75, 3.05) is 5.73 Å². The predicted octanol–water partition coefficient (Wildman–Crippen LogP) is 3.85. The molecule has 2 aromatic carbocycles. The molecule has 1 aliphatic rings. The molecule has 1 fully saturated rings. The number of hydrogen-bond acceptors (Lipinski definition) is 2. The average Bonchev–Trinajstić information content (AvgIpc) is 2.48. The van der Waals surface area contributed by atoms with Crippen molar-refractivity contribution < 1.29 is 4.79 Å². The summed E-state index contributed by atoms with van der Waals surface area (Å²) >= 11 is 0. The molecule has 1 aliphatic carbocycles. The normalized spacial score (nSPS) is 15.9. The SMILES string of the molecule is Cc1ccc(N)cc1C(=O)NC(c1ccccc1)C1CCC1. The number of benzene rings is 2. The first-order chi connectivity index (χ1) is 10.6. The van der Waals surface area contributed by atoms with Gasteiger partial charge in [0.2, 0.25) is 0 Å². The fraction of sp³-hybridized carbons (Fsp3) is 0.316. The molecule has 1 saturated carbocycles. The minimum atomic E-state index is -0.0365. The molecule has 3 rings (SSSR count). The number of anilines is 1. The van der Waals surface area contributed by atoms with Gasteiger partial charge >= 0.3 is 0 Å². The van der Waals surface area contributed by atoms with Crippen LogP contribution < -0.4 is 11.1 Å². The zero-order valence-corrected chi connectivity index (χ0v) is 12.9. The number of aryl methyl sites for hydroxylation is 1. The lowest BCUT2D eigenvalue weighted by Crippen LogP contribution is -2.36. The highest BCUT2D eigenvalue weighted by Crippen LogP contribution is 2.37. The van der Waals surface area contributed by atoms with Crippen molar-refractivity contribution in [2.45, 2.75) is 32.2 Å². The Morgan fingerprint density at radius 3 is 2.55 bits per heavy atom. The Labute approximate surface area is 131 Å². The number of amides is 1. The second kappa shape index (κ2) is 6.22. The Hall–Kier alpha value is -2.29. The van der Waals surface area contributed by atoms with E-state index in [-0.39, 0.29) is 11.9 Å². The van der Waals surface area contributed by atoms with E-state index in [1.165, 1.54) is 24.8 Å². The minimum Gasteiger partial charge on any atom is -0.399 e. The first-order valence-corrected chi connectivity index (χ1v) is 7.87. The third-order valence-electron chi connectivity index (χ3n) is 4.57. The van der Waals surface area contributed by atoms with Crippen molar-refractivity contribution in [3.63, 3.8) is 0 Å². The van der Waals surface area contributed by atoms with E-state index in [2.05, 4.69) is 17.4 Å². The summed E-state index contributed by atoms with van der Waals surface area (Å²) in [6.07, 6.45) is 3.60. The van der Waals surface area contributed by atoms with Crippen LogP contribution >= 0.6 is 0 Å². The number of nitrogen functional groups attached to an aromatic ring is 1. The van der Waals surface area contributed by atoms with Crippen molar-refractivity contribution in [1.29, 1.82) is 0 Å². The van der Waals surface area contributed by atoms with Crippen molar-refractivity contribution in [3.8, 4) is 0 Å². The molecular formula is C19H22N2O. The molecule has 0 heterocycles. The molecule has 0 aromatic heterocycles. The van der Waals surface area contributed by atoms with Crippen LogP contribution in [0.25, 0.3) is 0 Å². The predicted molar refractivity (Wildman–Crippen MR) is 89.6 cm³/mol. The van der Waals surface area contributed by atoms with E-state index in [9.17, 15) is 4.79 Å². The van der Waals surface area contributed by atoms with Crippen LogP contribution in [0.4, 0.5) is 5.69 Å². The zero-order chi connectivity index (χ0) is 15.5. The molecule has 1 atom stereocenters. The van der Waals surface area contributed by atoms with Crippen LogP contribution in [0.3, 0.4) is 0 Å². The number of nitrogens with two attached hydrogens (primary N) is 1. The third kappa shape index (κ3) is 2.98. The standard InChI is InChI=1S/C19H22N2O/c1-13-10-11-16(20)12-17(13)19(22)21-18(15-8-5-9-15)14-6-3-2-4-7-14/h2-4,6-7,10-12,15,18H,5,8-9,20H2,1H3,(H,21,22). The molecule has 1 amide bonds. The molecule has 0 bridgehead atoms. The topological polar surface area (TPSA) is 55.1 Å². The van der Waals surface area contributed by atoms with Gasteiger partial charge in [-0.2, -0.15) is 0 Å². The molecular weight excluding hydrogens is 272 g/mol. The van der Waals surface area contributed by atoms with Gasteiger partial charge in [0.05, 0.1) is 6.04 Å². The highest BCUT2D eigenvalue weighted by Gasteiger charge is 2.30. The van der Waals surface area contributed by atoms with Crippen molar-refractivity contribution in [3.05, 3.63) is 65.2 Å². The Balaban J connectivity index is 1.84. The van der Waals surface area contributed by atoms with E-state index in [1.807, 2.05) is 37.3 Å². The van der Waals surface area contributed by atoms with E-state index in [1.54, 1.807) is 6.07 Å². The van der Waals surface area contributed by atoms with Gasteiger partial charge in [0.1, 0.15) is 0 Å². The Bertz CT molecular complexity index is 662. The van der Waals surface area contributed by atoms with Crippen LogP contribution in [0.2, 0.25) is 0 Å². The van der Waals surface area contributed by atoms with E-state index in [0.717, 1.165) is 5.56 Å².